The lowest BCUT2D eigenvalue weighted by molar-refractivity contribution is 0.749. The van der Waals surface area contributed by atoms with Crippen LogP contribution in [-0.4, -0.2) is 9.55 Å². The summed E-state index contributed by atoms with van der Waals surface area (Å²) in [6, 6.07) is 5.35. The molecule has 0 saturated carbocycles. The standard InChI is InChI=1S/C11H7Br2ClN2O/c12-8-4-9(13)11(17)16(6-8)5-7-2-1-3-15-10(7)14/h1-4,6H,5H2. The lowest BCUT2D eigenvalue weighted by Crippen LogP contribution is -2.20. The molecule has 0 saturated heterocycles. The number of hydrogen-bond acceptors (Lipinski definition) is 2. The van der Waals surface area contributed by atoms with Gasteiger partial charge in [-0.3, -0.25) is 4.79 Å². The van der Waals surface area contributed by atoms with Crippen LogP contribution in [0.15, 0.2) is 44.3 Å². The third-order valence-corrected chi connectivity index (χ3v) is 3.53. The molecule has 0 spiro atoms. The van der Waals surface area contributed by atoms with Gasteiger partial charge in [0.15, 0.2) is 0 Å². The average molecular weight is 378 g/mol. The number of halogens is 3. The Hall–Kier alpha value is -0.650. The number of pyridine rings is 2. The van der Waals surface area contributed by atoms with Crippen molar-refractivity contribution >= 4 is 43.5 Å². The highest BCUT2D eigenvalue weighted by molar-refractivity contribution is 9.11. The van der Waals surface area contributed by atoms with Crippen LogP contribution in [0.2, 0.25) is 5.15 Å². The molecule has 6 heteroatoms. The van der Waals surface area contributed by atoms with Crippen molar-refractivity contribution < 1.29 is 0 Å². The second-order valence-electron chi connectivity index (χ2n) is 3.39. The maximum atomic E-state index is 11.9. The van der Waals surface area contributed by atoms with Gasteiger partial charge in [0.25, 0.3) is 5.56 Å². The molecule has 0 amide bonds. The SMILES string of the molecule is O=c1c(Br)cc(Br)cn1Cc1cccnc1Cl. The molecule has 3 nitrogen and oxygen atoms in total. The van der Waals surface area contributed by atoms with E-state index >= 15 is 0 Å². The Morgan fingerprint density at radius 2 is 2.18 bits per heavy atom. The summed E-state index contributed by atoms with van der Waals surface area (Å²) in [6.45, 7) is 0.392. The van der Waals surface area contributed by atoms with E-state index in [-0.39, 0.29) is 5.56 Å². The summed E-state index contributed by atoms with van der Waals surface area (Å²) in [5.41, 5.74) is 0.703. The van der Waals surface area contributed by atoms with E-state index in [2.05, 4.69) is 36.8 Å². The van der Waals surface area contributed by atoms with Crippen LogP contribution in [0.25, 0.3) is 0 Å². The molecule has 0 fully saturated rings. The predicted octanol–water partition coefficient (Wildman–Crippen LogP) is 3.47. The summed E-state index contributed by atoms with van der Waals surface area (Å²) in [7, 11) is 0. The van der Waals surface area contributed by atoms with Gasteiger partial charge in [0.1, 0.15) is 5.15 Å². The molecular formula is C11H7Br2ClN2O. The van der Waals surface area contributed by atoms with Crippen LogP contribution in [0.3, 0.4) is 0 Å². The van der Waals surface area contributed by atoms with E-state index in [0.29, 0.717) is 16.2 Å². The van der Waals surface area contributed by atoms with Crippen molar-refractivity contribution in [2.24, 2.45) is 0 Å². The number of rotatable bonds is 2. The zero-order valence-electron chi connectivity index (χ0n) is 8.53. The molecule has 88 valence electrons. The second kappa shape index (κ2) is 5.33. The van der Waals surface area contributed by atoms with Crippen LogP contribution in [0.1, 0.15) is 5.56 Å². The quantitative estimate of drug-likeness (QED) is 0.750. The van der Waals surface area contributed by atoms with Gasteiger partial charge >= 0.3 is 0 Å². The zero-order chi connectivity index (χ0) is 12.4. The van der Waals surface area contributed by atoms with Gasteiger partial charge in [-0.15, -0.1) is 0 Å². The first-order valence-corrected chi connectivity index (χ1v) is 6.69. The van der Waals surface area contributed by atoms with Gasteiger partial charge in [-0.2, -0.15) is 0 Å². The molecule has 2 aromatic heterocycles. The van der Waals surface area contributed by atoms with E-state index in [1.54, 1.807) is 29.1 Å². The minimum absolute atomic E-state index is 0.104. The van der Waals surface area contributed by atoms with Crippen molar-refractivity contribution in [3.05, 3.63) is 60.6 Å². The topological polar surface area (TPSA) is 34.9 Å². The summed E-state index contributed by atoms with van der Waals surface area (Å²) < 4.78 is 2.90. The lowest BCUT2D eigenvalue weighted by Gasteiger charge is -2.08. The van der Waals surface area contributed by atoms with Crippen LogP contribution in [0.4, 0.5) is 0 Å². The fourth-order valence-electron chi connectivity index (χ4n) is 1.40. The Bertz CT molecular complexity index is 613. The van der Waals surface area contributed by atoms with Gasteiger partial charge in [-0.25, -0.2) is 4.98 Å². The highest BCUT2D eigenvalue weighted by Crippen LogP contribution is 2.16. The highest BCUT2D eigenvalue weighted by atomic mass is 79.9. The van der Waals surface area contributed by atoms with Crippen LogP contribution in [0.5, 0.6) is 0 Å². The molecule has 0 atom stereocenters. The van der Waals surface area contributed by atoms with E-state index in [1.807, 2.05) is 6.07 Å². The van der Waals surface area contributed by atoms with Crippen LogP contribution >= 0.6 is 43.5 Å². The van der Waals surface area contributed by atoms with Crippen LogP contribution < -0.4 is 5.56 Å². The molecule has 0 aliphatic carbocycles. The van der Waals surface area contributed by atoms with Crippen LogP contribution in [-0.2, 0) is 6.54 Å². The van der Waals surface area contributed by atoms with Gasteiger partial charge in [0, 0.05) is 22.4 Å². The van der Waals surface area contributed by atoms with Crippen LogP contribution in [0, 0.1) is 0 Å². The monoisotopic (exact) mass is 376 g/mol. The minimum atomic E-state index is -0.104. The zero-order valence-corrected chi connectivity index (χ0v) is 12.5. The van der Waals surface area contributed by atoms with Gasteiger partial charge in [0.2, 0.25) is 0 Å². The minimum Gasteiger partial charge on any atom is -0.309 e. The summed E-state index contributed by atoms with van der Waals surface area (Å²) >= 11 is 12.5. The molecule has 2 heterocycles. The molecule has 2 aromatic rings. The van der Waals surface area contributed by atoms with Crippen molar-refractivity contribution in [1.82, 2.24) is 9.55 Å². The van der Waals surface area contributed by atoms with E-state index in [1.165, 1.54) is 0 Å². The number of aromatic nitrogens is 2. The second-order valence-corrected chi connectivity index (χ2v) is 5.52. The Balaban J connectivity index is 2.44. The van der Waals surface area contributed by atoms with Crippen molar-refractivity contribution in [3.8, 4) is 0 Å². The molecule has 17 heavy (non-hydrogen) atoms. The molecule has 0 radical (unpaired) electrons. The van der Waals surface area contributed by atoms with Gasteiger partial charge < -0.3 is 4.57 Å². The van der Waals surface area contributed by atoms with E-state index in [0.717, 1.165) is 10.0 Å². The van der Waals surface area contributed by atoms with Gasteiger partial charge in [-0.1, -0.05) is 17.7 Å². The summed E-state index contributed by atoms with van der Waals surface area (Å²) in [5, 5.41) is 0.412. The third kappa shape index (κ3) is 2.97. The normalized spacial score (nSPS) is 10.5. The van der Waals surface area contributed by atoms with Crippen molar-refractivity contribution in [2.75, 3.05) is 0 Å². The van der Waals surface area contributed by atoms with Crippen molar-refractivity contribution in [1.29, 1.82) is 0 Å². The smallest absolute Gasteiger partial charge is 0.265 e. The molecule has 0 aliphatic heterocycles. The Labute approximate surface area is 120 Å². The molecule has 0 bridgehead atoms. The van der Waals surface area contributed by atoms with Gasteiger partial charge in [0.05, 0.1) is 11.0 Å². The highest BCUT2D eigenvalue weighted by Gasteiger charge is 2.06. The van der Waals surface area contributed by atoms with Gasteiger partial charge in [-0.05, 0) is 44.0 Å². The fraction of sp³-hybridized carbons (Fsp3) is 0.0909. The third-order valence-electron chi connectivity index (χ3n) is 2.19. The first-order chi connectivity index (χ1) is 8.08. The molecule has 0 aliphatic rings. The maximum absolute atomic E-state index is 11.9. The largest absolute Gasteiger partial charge is 0.309 e. The lowest BCUT2D eigenvalue weighted by atomic mass is 10.3. The first-order valence-electron chi connectivity index (χ1n) is 4.73. The molecule has 0 N–H and O–H groups in total. The molecule has 2 rings (SSSR count). The average Bonchev–Trinajstić information content (AvgIpc) is 2.28. The molecule has 0 unspecified atom stereocenters. The summed E-state index contributed by atoms with van der Waals surface area (Å²) in [6.07, 6.45) is 3.34. The van der Waals surface area contributed by atoms with E-state index in [4.69, 9.17) is 11.6 Å². The van der Waals surface area contributed by atoms with E-state index < -0.39 is 0 Å². The summed E-state index contributed by atoms with van der Waals surface area (Å²) in [5.74, 6) is 0. The predicted molar refractivity (Wildman–Crippen MR) is 74.5 cm³/mol. The number of hydrogen-bond donors (Lipinski definition) is 0. The number of nitrogens with zero attached hydrogens (tertiary/aromatic N) is 2. The fourth-order valence-corrected chi connectivity index (χ4v) is 2.84. The maximum Gasteiger partial charge on any atom is 0.265 e. The Kier molecular flexibility index (Phi) is 4.01. The van der Waals surface area contributed by atoms with E-state index in [9.17, 15) is 4.79 Å². The molecular weight excluding hydrogens is 371 g/mol. The Morgan fingerprint density at radius 1 is 1.41 bits per heavy atom. The summed E-state index contributed by atoms with van der Waals surface area (Å²) in [4.78, 5) is 15.8. The Morgan fingerprint density at radius 3 is 2.88 bits per heavy atom. The van der Waals surface area contributed by atoms with Crippen molar-refractivity contribution in [2.45, 2.75) is 6.54 Å². The van der Waals surface area contributed by atoms with Crippen molar-refractivity contribution in [3.63, 3.8) is 0 Å². The molecule has 0 aromatic carbocycles. The first kappa shape index (κ1) is 12.8.